The molecule has 0 atom stereocenters. The van der Waals surface area contributed by atoms with Crippen LogP contribution in [0.15, 0.2) is 23.1 Å². The van der Waals surface area contributed by atoms with Gasteiger partial charge in [-0.05, 0) is 18.2 Å². The summed E-state index contributed by atoms with van der Waals surface area (Å²) < 4.78 is 0. The lowest BCUT2D eigenvalue weighted by molar-refractivity contribution is 0.627. The Balaban J connectivity index is 2.00. The molecule has 0 bridgehead atoms. The van der Waals surface area contributed by atoms with Gasteiger partial charge in [-0.25, -0.2) is 0 Å². The van der Waals surface area contributed by atoms with Crippen LogP contribution in [0.2, 0.25) is 0 Å². The monoisotopic (exact) mass is 254 g/mol. The van der Waals surface area contributed by atoms with Crippen molar-refractivity contribution in [1.29, 1.82) is 0 Å². The molecule has 0 unspecified atom stereocenters. The zero-order valence-corrected chi connectivity index (χ0v) is 11.8. The highest BCUT2D eigenvalue weighted by molar-refractivity contribution is 8.05. The molecular formula is C14H22S2. The van der Waals surface area contributed by atoms with Crippen molar-refractivity contribution in [2.24, 2.45) is 0 Å². The maximum atomic E-state index is 5.32. The number of rotatable bonds is 8. The lowest BCUT2D eigenvalue weighted by Crippen LogP contribution is -1.98. The van der Waals surface area contributed by atoms with Crippen molar-refractivity contribution in [3.8, 4) is 0 Å². The summed E-state index contributed by atoms with van der Waals surface area (Å²) in [6, 6.07) is 0. The van der Waals surface area contributed by atoms with Gasteiger partial charge in [0.2, 0.25) is 0 Å². The summed E-state index contributed by atoms with van der Waals surface area (Å²) in [6.07, 6.45) is 15.6. The van der Waals surface area contributed by atoms with Crippen LogP contribution in [0, 0.1) is 0 Å². The minimum absolute atomic E-state index is 0.963. The molecule has 1 aliphatic rings. The molecule has 0 amide bonds. The van der Waals surface area contributed by atoms with Crippen LogP contribution in [-0.4, -0.2) is 10.6 Å². The first-order valence-corrected chi connectivity index (χ1v) is 7.77. The summed E-state index contributed by atoms with van der Waals surface area (Å²) >= 11 is 7.26. The van der Waals surface area contributed by atoms with Gasteiger partial charge in [-0.3, -0.25) is 0 Å². The summed E-state index contributed by atoms with van der Waals surface area (Å²) in [5, 5.41) is 0. The van der Waals surface area contributed by atoms with Crippen LogP contribution in [0.5, 0.6) is 0 Å². The molecule has 0 N–H and O–H groups in total. The molecule has 16 heavy (non-hydrogen) atoms. The standard InChI is InChI=1S/C14H22S2/c1-2-3-4-5-6-9-12-16-14-11-8-7-10-13(14)15/h7-8,11H,2-6,9-10,12H2,1H3. The number of hydrogen-bond acceptors (Lipinski definition) is 2. The number of thiocarbonyl (C=S) groups is 1. The van der Waals surface area contributed by atoms with Crippen molar-refractivity contribution in [1.82, 2.24) is 0 Å². The Bertz CT molecular complexity index is 264. The number of allylic oxidation sites excluding steroid dienone is 4. The third-order valence-corrected chi connectivity index (χ3v) is 4.42. The second kappa shape index (κ2) is 9.00. The van der Waals surface area contributed by atoms with Crippen molar-refractivity contribution >= 4 is 28.8 Å². The van der Waals surface area contributed by atoms with E-state index in [-0.39, 0.29) is 0 Å². The Kier molecular flexibility index (Phi) is 7.87. The number of thioether (sulfide) groups is 1. The fourth-order valence-electron chi connectivity index (χ4n) is 1.72. The first-order chi connectivity index (χ1) is 7.84. The van der Waals surface area contributed by atoms with Gasteiger partial charge in [0.1, 0.15) is 0 Å². The molecule has 0 saturated heterocycles. The maximum Gasteiger partial charge on any atom is 0.0325 e. The van der Waals surface area contributed by atoms with Gasteiger partial charge >= 0.3 is 0 Å². The van der Waals surface area contributed by atoms with Crippen LogP contribution in [-0.2, 0) is 0 Å². The van der Waals surface area contributed by atoms with E-state index in [2.05, 4.69) is 25.2 Å². The SMILES string of the molecule is CCCCCCCCSC1=CC=CCC1=S. The predicted molar refractivity (Wildman–Crippen MR) is 80.3 cm³/mol. The van der Waals surface area contributed by atoms with Crippen molar-refractivity contribution in [3.63, 3.8) is 0 Å². The van der Waals surface area contributed by atoms with E-state index < -0.39 is 0 Å². The summed E-state index contributed by atoms with van der Waals surface area (Å²) in [6.45, 7) is 2.26. The normalized spacial score (nSPS) is 15.3. The van der Waals surface area contributed by atoms with E-state index in [9.17, 15) is 0 Å². The summed E-state index contributed by atoms with van der Waals surface area (Å²) in [5.74, 6) is 1.23. The van der Waals surface area contributed by atoms with E-state index in [1.54, 1.807) is 0 Å². The molecule has 90 valence electrons. The second-order valence-electron chi connectivity index (χ2n) is 4.20. The molecule has 0 spiro atoms. The fourth-order valence-corrected chi connectivity index (χ4v) is 3.05. The molecule has 1 rings (SSSR count). The van der Waals surface area contributed by atoms with Crippen LogP contribution < -0.4 is 0 Å². The van der Waals surface area contributed by atoms with E-state index in [0.717, 1.165) is 11.3 Å². The highest BCUT2D eigenvalue weighted by atomic mass is 32.2. The molecule has 0 saturated carbocycles. The van der Waals surface area contributed by atoms with Gasteiger partial charge in [0, 0.05) is 16.2 Å². The lowest BCUT2D eigenvalue weighted by atomic mass is 10.1. The Hall–Kier alpha value is -0.0800. The first-order valence-electron chi connectivity index (χ1n) is 6.37. The number of hydrogen-bond donors (Lipinski definition) is 0. The van der Waals surface area contributed by atoms with Crippen molar-refractivity contribution in [2.75, 3.05) is 5.75 Å². The quantitative estimate of drug-likeness (QED) is 0.426. The highest BCUT2D eigenvalue weighted by Gasteiger charge is 2.06. The van der Waals surface area contributed by atoms with Crippen LogP contribution in [0.25, 0.3) is 0 Å². The summed E-state index contributed by atoms with van der Waals surface area (Å²) in [4.78, 5) is 2.45. The number of unbranched alkanes of at least 4 members (excludes halogenated alkanes) is 5. The smallest absolute Gasteiger partial charge is 0.0325 e. The zero-order valence-electron chi connectivity index (χ0n) is 10.2. The Morgan fingerprint density at radius 1 is 1.19 bits per heavy atom. The van der Waals surface area contributed by atoms with Crippen LogP contribution >= 0.6 is 24.0 Å². The molecule has 0 aromatic heterocycles. The molecule has 1 aliphatic carbocycles. The first kappa shape index (κ1) is 14.0. The van der Waals surface area contributed by atoms with E-state index in [1.165, 1.54) is 49.2 Å². The maximum absolute atomic E-state index is 5.32. The van der Waals surface area contributed by atoms with E-state index in [1.807, 2.05) is 11.8 Å². The van der Waals surface area contributed by atoms with E-state index >= 15 is 0 Å². The Morgan fingerprint density at radius 3 is 2.69 bits per heavy atom. The Labute approximate surface area is 110 Å². The largest absolute Gasteiger partial charge is 0.125 e. The van der Waals surface area contributed by atoms with Crippen molar-refractivity contribution < 1.29 is 0 Å². The van der Waals surface area contributed by atoms with Gasteiger partial charge in [-0.15, -0.1) is 11.8 Å². The molecule has 0 radical (unpaired) electrons. The average molecular weight is 254 g/mol. The van der Waals surface area contributed by atoms with Crippen LogP contribution in [0.1, 0.15) is 51.9 Å². The third-order valence-electron chi connectivity index (χ3n) is 2.72. The molecule has 0 fully saturated rings. The summed E-state index contributed by atoms with van der Waals surface area (Å²) in [5.41, 5.74) is 0. The van der Waals surface area contributed by atoms with Crippen LogP contribution in [0.4, 0.5) is 0 Å². The molecule has 0 nitrogen and oxygen atoms in total. The summed E-state index contributed by atoms with van der Waals surface area (Å²) in [7, 11) is 0. The van der Waals surface area contributed by atoms with Gasteiger partial charge in [0.25, 0.3) is 0 Å². The molecule has 0 heterocycles. The van der Waals surface area contributed by atoms with Gasteiger partial charge in [-0.2, -0.15) is 0 Å². The third kappa shape index (κ3) is 5.86. The van der Waals surface area contributed by atoms with Crippen molar-refractivity contribution in [2.45, 2.75) is 51.9 Å². The lowest BCUT2D eigenvalue weighted by Gasteiger charge is -2.09. The van der Waals surface area contributed by atoms with E-state index in [0.29, 0.717) is 0 Å². The fraction of sp³-hybridized carbons (Fsp3) is 0.643. The Morgan fingerprint density at radius 2 is 1.94 bits per heavy atom. The molecular weight excluding hydrogens is 232 g/mol. The molecule has 0 aromatic carbocycles. The highest BCUT2D eigenvalue weighted by Crippen LogP contribution is 2.24. The van der Waals surface area contributed by atoms with Crippen molar-refractivity contribution in [3.05, 3.63) is 23.1 Å². The second-order valence-corrected chi connectivity index (χ2v) is 5.83. The molecule has 0 aliphatic heterocycles. The average Bonchev–Trinajstić information content (AvgIpc) is 2.30. The van der Waals surface area contributed by atoms with Crippen LogP contribution in [0.3, 0.4) is 0 Å². The van der Waals surface area contributed by atoms with Gasteiger partial charge in [0.05, 0.1) is 0 Å². The minimum Gasteiger partial charge on any atom is -0.125 e. The zero-order chi connectivity index (χ0) is 11.6. The molecule has 0 aromatic rings. The minimum atomic E-state index is 0.963. The van der Waals surface area contributed by atoms with Gasteiger partial charge in [-0.1, -0.05) is 63.4 Å². The van der Waals surface area contributed by atoms with Gasteiger partial charge in [0.15, 0.2) is 0 Å². The topological polar surface area (TPSA) is 0 Å². The molecule has 2 heteroatoms. The van der Waals surface area contributed by atoms with E-state index in [4.69, 9.17) is 12.2 Å². The predicted octanol–water partition coefficient (Wildman–Crippen LogP) is 5.29. The van der Waals surface area contributed by atoms with Gasteiger partial charge < -0.3 is 0 Å².